The van der Waals surface area contributed by atoms with Crippen molar-refractivity contribution in [1.29, 1.82) is 0 Å². The molecule has 0 amide bonds. The molecule has 0 unspecified atom stereocenters. The van der Waals surface area contributed by atoms with Gasteiger partial charge in [-0.15, -0.1) is 10.2 Å². The van der Waals surface area contributed by atoms with Gasteiger partial charge in [-0.25, -0.2) is 0 Å². The van der Waals surface area contributed by atoms with Gasteiger partial charge in [-0.05, 0) is 30.3 Å². The third kappa shape index (κ3) is 1.93. The van der Waals surface area contributed by atoms with Crippen molar-refractivity contribution in [3.8, 4) is 28.4 Å². The standard InChI is InChI=1S/C15H11N5O/c21-12-3-1-2-10(8-12)15-19-18-14-5-4-11(9-20(14)15)13-6-7-16-17-13/h1-9,21H,(H,16,17). The molecule has 0 atom stereocenters. The minimum absolute atomic E-state index is 0.203. The van der Waals surface area contributed by atoms with E-state index in [0.29, 0.717) is 5.82 Å². The Balaban J connectivity index is 1.92. The number of aromatic hydroxyl groups is 1. The van der Waals surface area contributed by atoms with Crippen LogP contribution in [0.5, 0.6) is 5.75 Å². The zero-order valence-electron chi connectivity index (χ0n) is 10.9. The van der Waals surface area contributed by atoms with Crippen LogP contribution in [0.4, 0.5) is 0 Å². The molecular formula is C15H11N5O. The van der Waals surface area contributed by atoms with Crippen molar-refractivity contribution in [2.24, 2.45) is 0 Å². The molecule has 1 aromatic carbocycles. The predicted molar refractivity (Wildman–Crippen MR) is 77.7 cm³/mol. The van der Waals surface area contributed by atoms with E-state index < -0.39 is 0 Å². The summed E-state index contributed by atoms with van der Waals surface area (Å²) < 4.78 is 1.89. The summed E-state index contributed by atoms with van der Waals surface area (Å²) in [6.07, 6.45) is 3.66. The normalized spacial score (nSPS) is 11.0. The molecule has 0 radical (unpaired) electrons. The first-order chi connectivity index (χ1) is 10.3. The van der Waals surface area contributed by atoms with Crippen molar-refractivity contribution in [2.45, 2.75) is 0 Å². The highest BCUT2D eigenvalue weighted by Crippen LogP contribution is 2.24. The highest BCUT2D eigenvalue weighted by atomic mass is 16.3. The zero-order chi connectivity index (χ0) is 14.2. The summed E-state index contributed by atoms with van der Waals surface area (Å²) in [7, 11) is 0. The number of phenolic OH excluding ortho intramolecular Hbond substituents is 1. The fourth-order valence-electron chi connectivity index (χ4n) is 2.31. The molecule has 3 aromatic heterocycles. The first-order valence-electron chi connectivity index (χ1n) is 6.45. The number of H-pyrrole nitrogens is 1. The van der Waals surface area contributed by atoms with Gasteiger partial charge >= 0.3 is 0 Å². The van der Waals surface area contributed by atoms with E-state index in [-0.39, 0.29) is 5.75 Å². The minimum Gasteiger partial charge on any atom is -0.508 e. The number of aromatic nitrogens is 5. The van der Waals surface area contributed by atoms with Crippen molar-refractivity contribution in [1.82, 2.24) is 24.8 Å². The van der Waals surface area contributed by atoms with Gasteiger partial charge in [0.2, 0.25) is 0 Å². The monoisotopic (exact) mass is 277 g/mol. The van der Waals surface area contributed by atoms with Crippen molar-refractivity contribution in [2.75, 3.05) is 0 Å². The van der Waals surface area contributed by atoms with Crippen LogP contribution in [0.25, 0.3) is 28.3 Å². The largest absolute Gasteiger partial charge is 0.508 e. The van der Waals surface area contributed by atoms with Crippen LogP contribution in [0.15, 0.2) is 54.9 Å². The lowest BCUT2D eigenvalue weighted by atomic mass is 10.2. The van der Waals surface area contributed by atoms with E-state index in [4.69, 9.17) is 0 Å². The Labute approximate surface area is 119 Å². The number of pyridine rings is 1. The van der Waals surface area contributed by atoms with Crippen molar-refractivity contribution in [3.63, 3.8) is 0 Å². The summed E-state index contributed by atoms with van der Waals surface area (Å²) in [4.78, 5) is 0. The predicted octanol–water partition coefficient (Wildman–Crippen LogP) is 2.49. The van der Waals surface area contributed by atoms with Crippen LogP contribution in [0.2, 0.25) is 0 Å². The number of rotatable bonds is 2. The second-order valence-corrected chi connectivity index (χ2v) is 4.69. The first kappa shape index (κ1) is 11.7. The maximum absolute atomic E-state index is 9.62. The molecule has 6 heteroatoms. The van der Waals surface area contributed by atoms with Crippen LogP contribution in [0, 0.1) is 0 Å². The number of nitrogens with one attached hydrogen (secondary N) is 1. The van der Waals surface area contributed by atoms with E-state index >= 15 is 0 Å². The topological polar surface area (TPSA) is 79.1 Å². The molecule has 3 heterocycles. The third-order valence-electron chi connectivity index (χ3n) is 3.32. The second kappa shape index (κ2) is 4.45. The Bertz CT molecular complexity index is 911. The van der Waals surface area contributed by atoms with Crippen LogP contribution < -0.4 is 0 Å². The molecule has 6 nitrogen and oxygen atoms in total. The molecule has 0 fully saturated rings. The highest BCUT2D eigenvalue weighted by molar-refractivity contribution is 5.65. The molecule has 0 aliphatic heterocycles. The number of fused-ring (bicyclic) bond motifs is 1. The van der Waals surface area contributed by atoms with E-state index in [1.807, 2.05) is 34.9 Å². The van der Waals surface area contributed by atoms with Crippen molar-refractivity contribution in [3.05, 3.63) is 54.9 Å². The Hall–Kier alpha value is -3.15. The van der Waals surface area contributed by atoms with Crippen molar-refractivity contribution >= 4 is 5.65 Å². The van der Waals surface area contributed by atoms with E-state index in [1.54, 1.807) is 24.4 Å². The van der Waals surface area contributed by atoms with Gasteiger partial charge in [0.1, 0.15) is 5.75 Å². The van der Waals surface area contributed by atoms with Gasteiger partial charge in [0.05, 0.1) is 5.69 Å². The van der Waals surface area contributed by atoms with E-state index in [2.05, 4.69) is 20.4 Å². The van der Waals surface area contributed by atoms with Crippen molar-refractivity contribution < 1.29 is 5.11 Å². The van der Waals surface area contributed by atoms with Crippen LogP contribution >= 0.6 is 0 Å². The van der Waals surface area contributed by atoms with Gasteiger partial charge in [0.25, 0.3) is 0 Å². The van der Waals surface area contributed by atoms with Gasteiger partial charge < -0.3 is 5.11 Å². The smallest absolute Gasteiger partial charge is 0.168 e. The summed E-state index contributed by atoms with van der Waals surface area (Å²) in [5.74, 6) is 0.885. The molecule has 2 N–H and O–H groups in total. The Morgan fingerprint density at radius 3 is 2.76 bits per heavy atom. The third-order valence-corrected chi connectivity index (χ3v) is 3.32. The number of aromatic amines is 1. The lowest BCUT2D eigenvalue weighted by molar-refractivity contribution is 0.475. The number of phenols is 1. The summed E-state index contributed by atoms with van der Waals surface area (Å²) >= 11 is 0. The molecule has 4 aromatic rings. The summed E-state index contributed by atoms with van der Waals surface area (Å²) in [6, 6.07) is 12.7. The molecule has 0 saturated heterocycles. The molecule has 0 bridgehead atoms. The molecule has 0 aliphatic rings. The van der Waals surface area contributed by atoms with Gasteiger partial charge in [0.15, 0.2) is 11.5 Å². The number of nitrogens with zero attached hydrogens (tertiary/aromatic N) is 4. The molecule has 0 saturated carbocycles. The lowest BCUT2D eigenvalue weighted by Crippen LogP contribution is -1.91. The molecule has 4 rings (SSSR count). The summed E-state index contributed by atoms with van der Waals surface area (Å²) in [5, 5.41) is 24.9. The van der Waals surface area contributed by atoms with Crippen LogP contribution in [0.3, 0.4) is 0 Å². The summed E-state index contributed by atoms with van der Waals surface area (Å²) in [6.45, 7) is 0. The summed E-state index contributed by atoms with van der Waals surface area (Å²) in [5.41, 5.74) is 3.47. The van der Waals surface area contributed by atoms with E-state index in [0.717, 1.165) is 22.5 Å². The average Bonchev–Trinajstić information content (AvgIpc) is 3.16. The Kier molecular flexibility index (Phi) is 2.47. The van der Waals surface area contributed by atoms with Gasteiger partial charge in [-0.3, -0.25) is 9.50 Å². The van der Waals surface area contributed by atoms with Crippen LogP contribution in [-0.2, 0) is 0 Å². The number of hydrogen-bond donors (Lipinski definition) is 2. The van der Waals surface area contributed by atoms with E-state index in [1.165, 1.54) is 0 Å². The maximum Gasteiger partial charge on any atom is 0.168 e. The lowest BCUT2D eigenvalue weighted by Gasteiger charge is -2.03. The van der Waals surface area contributed by atoms with Gasteiger partial charge in [-0.2, -0.15) is 5.10 Å². The molecular weight excluding hydrogens is 266 g/mol. The fraction of sp³-hybridized carbons (Fsp3) is 0. The maximum atomic E-state index is 9.62. The van der Waals surface area contributed by atoms with Crippen LogP contribution in [0.1, 0.15) is 0 Å². The highest BCUT2D eigenvalue weighted by Gasteiger charge is 2.10. The SMILES string of the molecule is Oc1cccc(-c2nnc3ccc(-c4ccn[nH]4)cn23)c1. The molecule has 0 aliphatic carbocycles. The van der Waals surface area contributed by atoms with Crippen LogP contribution in [-0.4, -0.2) is 29.9 Å². The molecule has 0 spiro atoms. The minimum atomic E-state index is 0.203. The number of benzene rings is 1. The van der Waals surface area contributed by atoms with E-state index in [9.17, 15) is 5.11 Å². The second-order valence-electron chi connectivity index (χ2n) is 4.69. The van der Waals surface area contributed by atoms with Gasteiger partial charge in [-0.1, -0.05) is 12.1 Å². The molecule has 102 valence electrons. The van der Waals surface area contributed by atoms with Gasteiger partial charge in [0, 0.05) is 23.5 Å². The fourth-order valence-corrected chi connectivity index (χ4v) is 2.31. The number of hydrogen-bond acceptors (Lipinski definition) is 4. The zero-order valence-corrected chi connectivity index (χ0v) is 10.9. The average molecular weight is 277 g/mol. The Morgan fingerprint density at radius 1 is 1.00 bits per heavy atom. The molecule has 21 heavy (non-hydrogen) atoms. The quantitative estimate of drug-likeness (QED) is 0.590. The Morgan fingerprint density at radius 2 is 1.95 bits per heavy atom. The first-order valence-corrected chi connectivity index (χ1v) is 6.45.